The van der Waals surface area contributed by atoms with Gasteiger partial charge in [-0.15, -0.1) is 0 Å². The fourth-order valence-electron chi connectivity index (χ4n) is 3.17. The Balaban J connectivity index is 1.65. The highest BCUT2D eigenvalue weighted by Gasteiger charge is 2.21. The van der Waals surface area contributed by atoms with Crippen molar-refractivity contribution in [1.29, 1.82) is 0 Å². The van der Waals surface area contributed by atoms with Crippen LogP contribution in [0.15, 0.2) is 31.0 Å². The van der Waals surface area contributed by atoms with Crippen LogP contribution in [0.5, 0.6) is 0 Å². The van der Waals surface area contributed by atoms with Gasteiger partial charge in [-0.05, 0) is 33.2 Å². The number of aromatic nitrogens is 5. The van der Waals surface area contributed by atoms with Gasteiger partial charge in [0.05, 0.1) is 36.2 Å². The number of hydrogen-bond acceptors (Lipinski definition) is 6. The molecule has 4 heterocycles. The van der Waals surface area contributed by atoms with Crippen LogP contribution in [0.1, 0.15) is 25.5 Å². The summed E-state index contributed by atoms with van der Waals surface area (Å²) in [5.41, 5.74) is 3.46. The number of aryl methyl sites for hydroxylation is 1. The molecular formula is C17H21N7. The Kier molecular flexibility index (Phi) is 3.86. The van der Waals surface area contributed by atoms with Crippen molar-refractivity contribution in [2.75, 3.05) is 11.9 Å². The molecule has 0 radical (unpaired) electrons. The molecule has 0 amide bonds. The first-order chi connectivity index (χ1) is 11.7. The zero-order valence-corrected chi connectivity index (χ0v) is 13.9. The van der Waals surface area contributed by atoms with Crippen molar-refractivity contribution in [3.63, 3.8) is 0 Å². The molecule has 7 heteroatoms. The quantitative estimate of drug-likeness (QED) is 0.768. The van der Waals surface area contributed by atoms with Gasteiger partial charge in [0, 0.05) is 18.3 Å². The van der Waals surface area contributed by atoms with Crippen molar-refractivity contribution in [2.45, 2.75) is 38.8 Å². The van der Waals surface area contributed by atoms with E-state index in [0.29, 0.717) is 12.1 Å². The first-order valence-electron chi connectivity index (χ1n) is 8.33. The monoisotopic (exact) mass is 323 g/mol. The largest absolute Gasteiger partial charge is 0.364 e. The Hall–Kier alpha value is -2.54. The SMILES string of the molecule is Cc1cn2c(-c3cncc(NC4CCCNC4C)n3)cnc2cn1. The number of fused-ring (bicyclic) bond motifs is 1. The molecule has 4 rings (SSSR count). The molecule has 1 aliphatic heterocycles. The van der Waals surface area contributed by atoms with Crippen molar-refractivity contribution in [2.24, 2.45) is 0 Å². The summed E-state index contributed by atoms with van der Waals surface area (Å²) in [5.74, 6) is 0.800. The standard InChI is InChI=1S/C17H21N7/c1-11-10-24-15(7-21-17(24)9-20-11)14-6-18-8-16(23-14)22-13-4-3-5-19-12(13)2/h6-10,12-13,19H,3-5H2,1-2H3,(H,22,23). The summed E-state index contributed by atoms with van der Waals surface area (Å²) >= 11 is 0. The highest BCUT2D eigenvalue weighted by atomic mass is 15.1. The van der Waals surface area contributed by atoms with Gasteiger partial charge >= 0.3 is 0 Å². The van der Waals surface area contributed by atoms with Gasteiger partial charge in [0.15, 0.2) is 5.65 Å². The number of piperidine rings is 1. The third kappa shape index (κ3) is 2.82. The summed E-state index contributed by atoms with van der Waals surface area (Å²) in [5, 5.41) is 7.01. The molecule has 3 aromatic heterocycles. The van der Waals surface area contributed by atoms with Crippen LogP contribution in [0.25, 0.3) is 17.0 Å². The fourth-order valence-corrected chi connectivity index (χ4v) is 3.17. The van der Waals surface area contributed by atoms with Gasteiger partial charge in [0.2, 0.25) is 0 Å². The van der Waals surface area contributed by atoms with Gasteiger partial charge in [-0.1, -0.05) is 0 Å². The molecule has 0 aromatic carbocycles. The minimum absolute atomic E-state index is 0.372. The van der Waals surface area contributed by atoms with E-state index in [2.05, 4.69) is 32.5 Å². The first kappa shape index (κ1) is 15.0. The maximum Gasteiger partial charge on any atom is 0.155 e. The number of hydrogen-bond donors (Lipinski definition) is 2. The summed E-state index contributed by atoms with van der Waals surface area (Å²) in [7, 11) is 0. The Morgan fingerprint density at radius 1 is 1.21 bits per heavy atom. The predicted octanol–water partition coefficient (Wildman–Crippen LogP) is 2.05. The Labute approximate surface area is 140 Å². The van der Waals surface area contributed by atoms with Crippen LogP contribution >= 0.6 is 0 Å². The van der Waals surface area contributed by atoms with Gasteiger partial charge in [0.25, 0.3) is 0 Å². The highest BCUT2D eigenvalue weighted by molar-refractivity contribution is 5.60. The van der Waals surface area contributed by atoms with Crippen LogP contribution < -0.4 is 10.6 Å². The molecule has 0 bridgehead atoms. The maximum atomic E-state index is 4.74. The van der Waals surface area contributed by atoms with Gasteiger partial charge in [0.1, 0.15) is 11.5 Å². The summed E-state index contributed by atoms with van der Waals surface area (Å²) in [6.45, 7) is 5.25. The van der Waals surface area contributed by atoms with E-state index in [1.54, 1.807) is 18.6 Å². The smallest absolute Gasteiger partial charge is 0.155 e. The molecule has 1 saturated heterocycles. The van der Waals surface area contributed by atoms with Crippen LogP contribution in [-0.4, -0.2) is 43.0 Å². The third-order valence-electron chi connectivity index (χ3n) is 4.52. The molecule has 2 atom stereocenters. The molecule has 0 spiro atoms. The molecule has 0 aliphatic carbocycles. The zero-order valence-electron chi connectivity index (χ0n) is 13.9. The summed E-state index contributed by atoms with van der Waals surface area (Å²) < 4.78 is 2.00. The molecule has 7 nitrogen and oxygen atoms in total. The van der Waals surface area contributed by atoms with Crippen LogP contribution in [-0.2, 0) is 0 Å². The lowest BCUT2D eigenvalue weighted by atomic mass is 10.00. The molecule has 0 saturated carbocycles. The van der Waals surface area contributed by atoms with E-state index < -0.39 is 0 Å². The Morgan fingerprint density at radius 2 is 2.12 bits per heavy atom. The molecular weight excluding hydrogens is 302 g/mol. The second kappa shape index (κ2) is 6.16. The lowest BCUT2D eigenvalue weighted by molar-refractivity contribution is 0.388. The van der Waals surface area contributed by atoms with Gasteiger partial charge < -0.3 is 10.6 Å². The van der Waals surface area contributed by atoms with E-state index in [9.17, 15) is 0 Å². The molecule has 24 heavy (non-hydrogen) atoms. The summed E-state index contributed by atoms with van der Waals surface area (Å²) in [6.07, 6.45) is 11.4. The number of anilines is 1. The van der Waals surface area contributed by atoms with Crippen LogP contribution in [0.3, 0.4) is 0 Å². The Bertz CT molecular complexity index is 857. The van der Waals surface area contributed by atoms with E-state index in [1.807, 2.05) is 23.7 Å². The van der Waals surface area contributed by atoms with E-state index >= 15 is 0 Å². The van der Waals surface area contributed by atoms with Crippen molar-refractivity contribution in [3.05, 3.63) is 36.7 Å². The van der Waals surface area contributed by atoms with Gasteiger partial charge in [-0.25, -0.2) is 9.97 Å². The van der Waals surface area contributed by atoms with Crippen LogP contribution in [0.2, 0.25) is 0 Å². The third-order valence-corrected chi connectivity index (χ3v) is 4.52. The van der Waals surface area contributed by atoms with E-state index in [1.165, 1.54) is 6.42 Å². The molecule has 3 aromatic rings. The van der Waals surface area contributed by atoms with Gasteiger partial charge in [-0.2, -0.15) is 0 Å². The summed E-state index contributed by atoms with van der Waals surface area (Å²) in [6, 6.07) is 0.797. The number of nitrogens with one attached hydrogen (secondary N) is 2. The van der Waals surface area contributed by atoms with E-state index in [-0.39, 0.29) is 0 Å². The predicted molar refractivity (Wildman–Crippen MR) is 92.9 cm³/mol. The van der Waals surface area contributed by atoms with Crippen molar-refractivity contribution < 1.29 is 0 Å². The lowest BCUT2D eigenvalue weighted by Gasteiger charge is -2.30. The number of imidazole rings is 1. The average Bonchev–Trinajstić information content (AvgIpc) is 3.00. The zero-order chi connectivity index (χ0) is 16.5. The van der Waals surface area contributed by atoms with Crippen LogP contribution in [0.4, 0.5) is 5.82 Å². The minimum Gasteiger partial charge on any atom is -0.364 e. The second-order valence-electron chi connectivity index (χ2n) is 6.33. The fraction of sp³-hybridized carbons (Fsp3) is 0.412. The highest BCUT2D eigenvalue weighted by Crippen LogP contribution is 2.21. The number of rotatable bonds is 3. The maximum absolute atomic E-state index is 4.74. The molecule has 124 valence electrons. The molecule has 1 fully saturated rings. The van der Waals surface area contributed by atoms with Crippen molar-refractivity contribution in [1.82, 2.24) is 29.7 Å². The van der Waals surface area contributed by atoms with Crippen molar-refractivity contribution in [3.8, 4) is 11.4 Å². The minimum atomic E-state index is 0.372. The molecule has 2 N–H and O–H groups in total. The second-order valence-corrected chi connectivity index (χ2v) is 6.33. The van der Waals surface area contributed by atoms with Gasteiger partial charge in [-0.3, -0.25) is 14.4 Å². The molecule has 2 unspecified atom stereocenters. The lowest BCUT2D eigenvalue weighted by Crippen LogP contribution is -2.46. The van der Waals surface area contributed by atoms with Crippen molar-refractivity contribution >= 4 is 11.5 Å². The van der Waals surface area contributed by atoms with E-state index in [0.717, 1.165) is 41.5 Å². The normalized spacial score (nSPS) is 21.1. The van der Waals surface area contributed by atoms with Crippen LogP contribution in [0, 0.1) is 6.92 Å². The molecule has 1 aliphatic rings. The average molecular weight is 323 g/mol. The first-order valence-corrected chi connectivity index (χ1v) is 8.33. The van der Waals surface area contributed by atoms with E-state index in [4.69, 9.17) is 4.98 Å². The Morgan fingerprint density at radius 3 is 3.00 bits per heavy atom. The topological polar surface area (TPSA) is 80.0 Å². The number of nitrogens with zero attached hydrogens (tertiary/aromatic N) is 5. The summed E-state index contributed by atoms with van der Waals surface area (Å²) in [4.78, 5) is 17.8.